The minimum Gasteiger partial charge on any atom is -0.486 e. The number of aliphatic imine (C=N–C) groups is 1. The van der Waals surface area contributed by atoms with Crippen LogP contribution in [-0.2, 0) is 10.2 Å². The highest BCUT2D eigenvalue weighted by molar-refractivity contribution is 5.79. The van der Waals surface area contributed by atoms with E-state index >= 15 is 0 Å². The van der Waals surface area contributed by atoms with Gasteiger partial charge < -0.3 is 20.1 Å². The molecule has 1 fully saturated rings. The summed E-state index contributed by atoms with van der Waals surface area (Å²) in [6, 6.07) is 13.1. The van der Waals surface area contributed by atoms with Gasteiger partial charge in [0.2, 0.25) is 0 Å². The standard InChI is InChI=1S/C23H29F2N3O2/c1-17(30-21-6-4-3-5-20(21)25)15-27-22(26-2)28-16-23(11-13-29-14-12-23)18-7-9-19(24)10-8-18/h3-10,17H,11-16H2,1-2H3,(H2,26,27,28). The van der Waals surface area contributed by atoms with Gasteiger partial charge in [0.1, 0.15) is 11.9 Å². The molecule has 1 atom stereocenters. The van der Waals surface area contributed by atoms with Crippen molar-refractivity contribution >= 4 is 5.96 Å². The second-order valence-corrected chi connectivity index (χ2v) is 7.57. The molecular weight excluding hydrogens is 388 g/mol. The Morgan fingerprint density at radius 2 is 1.80 bits per heavy atom. The van der Waals surface area contributed by atoms with Crippen LogP contribution in [-0.4, -0.2) is 45.4 Å². The molecule has 5 nitrogen and oxygen atoms in total. The Morgan fingerprint density at radius 3 is 2.47 bits per heavy atom. The van der Waals surface area contributed by atoms with Crippen LogP contribution in [0.4, 0.5) is 8.78 Å². The maximum atomic E-state index is 13.8. The van der Waals surface area contributed by atoms with E-state index in [1.807, 2.05) is 19.1 Å². The minimum absolute atomic E-state index is 0.154. The fourth-order valence-corrected chi connectivity index (χ4v) is 3.65. The maximum Gasteiger partial charge on any atom is 0.191 e. The molecule has 0 saturated carbocycles. The van der Waals surface area contributed by atoms with Crippen molar-refractivity contribution in [3.05, 3.63) is 65.7 Å². The van der Waals surface area contributed by atoms with Crippen molar-refractivity contribution in [2.75, 3.05) is 33.4 Å². The van der Waals surface area contributed by atoms with Crippen LogP contribution in [0.3, 0.4) is 0 Å². The topological polar surface area (TPSA) is 54.9 Å². The molecular formula is C23H29F2N3O2. The Hall–Kier alpha value is -2.67. The molecule has 0 bridgehead atoms. The summed E-state index contributed by atoms with van der Waals surface area (Å²) in [5.74, 6) is 0.238. The smallest absolute Gasteiger partial charge is 0.191 e. The molecule has 1 heterocycles. The Balaban J connectivity index is 1.57. The van der Waals surface area contributed by atoms with Gasteiger partial charge in [0.05, 0.1) is 6.54 Å². The number of nitrogens with one attached hydrogen (secondary N) is 2. The second kappa shape index (κ2) is 10.4. The Labute approximate surface area is 176 Å². The number of halogens is 2. The van der Waals surface area contributed by atoms with Crippen LogP contribution >= 0.6 is 0 Å². The van der Waals surface area contributed by atoms with Crippen LogP contribution in [0.25, 0.3) is 0 Å². The SMILES string of the molecule is CN=C(NCC(C)Oc1ccccc1F)NCC1(c2ccc(F)cc2)CCOCC1. The normalized spacial score (nSPS) is 17.3. The summed E-state index contributed by atoms with van der Waals surface area (Å²) in [5, 5.41) is 6.61. The summed E-state index contributed by atoms with van der Waals surface area (Å²) in [7, 11) is 1.70. The summed E-state index contributed by atoms with van der Waals surface area (Å²) in [5.41, 5.74) is 0.935. The van der Waals surface area contributed by atoms with E-state index in [9.17, 15) is 8.78 Å². The average molecular weight is 418 g/mol. The Morgan fingerprint density at radius 1 is 1.10 bits per heavy atom. The molecule has 1 saturated heterocycles. The van der Waals surface area contributed by atoms with E-state index in [-0.39, 0.29) is 28.9 Å². The number of guanidine groups is 1. The molecule has 2 N–H and O–H groups in total. The van der Waals surface area contributed by atoms with Crippen LogP contribution in [0.2, 0.25) is 0 Å². The van der Waals surface area contributed by atoms with Crippen molar-refractivity contribution in [3.8, 4) is 5.75 Å². The molecule has 0 aromatic heterocycles. The van der Waals surface area contributed by atoms with Gasteiger partial charge in [-0.05, 0) is 49.6 Å². The quantitative estimate of drug-likeness (QED) is 0.534. The lowest BCUT2D eigenvalue weighted by atomic mass is 9.74. The number of nitrogens with zero attached hydrogens (tertiary/aromatic N) is 1. The fourth-order valence-electron chi connectivity index (χ4n) is 3.65. The van der Waals surface area contributed by atoms with Gasteiger partial charge in [-0.15, -0.1) is 0 Å². The van der Waals surface area contributed by atoms with E-state index in [4.69, 9.17) is 9.47 Å². The first-order valence-electron chi connectivity index (χ1n) is 10.2. The van der Waals surface area contributed by atoms with Crippen molar-refractivity contribution in [3.63, 3.8) is 0 Å². The summed E-state index contributed by atoms with van der Waals surface area (Å²) in [4.78, 5) is 4.28. The third-order valence-electron chi connectivity index (χ3n) is 5.45. The molecule has 2 aromatic carbocycles. The third kappa shape index (κ3) is 5.69. The zero-order valence-corrected chi connectivity index (χ0v) is 17.5. The molecule has 0 amide bonds. The molecule has 1 aliphatic heterocycles. The molecule has 1 aliphatic rings. The van der Waals surface area contributed by atoms with E-state index in [2.05, 4.69) is 15.6 Å². The Bertz CT molecular complexity index is 837. The average Bonchev–Trinajstić information content (AvgIpc) is 2.76. The van der Waals surface area contributed by atoms with Gasteiger partial charge in [0.25, 0.3) is 0 Å². The van der Waals surface area contributed by atoms with Gasteiger partial charge in [0.15, 0.2) is 17.5 Å². The first kappa shape index (κ1) is 22.0. The van der Waals surface area contributed by atoms with Crippen LogP contribution in [0.15, 0.2) is 53.5 Å². The number of ether oxygens (including phenoxy) is 2. The van der Waals surface area contributed by atoms with E-state index in [1.54, 1.807) is 25.2 Å². The lowest BCUT2D eigenvalue weighted by Crippen LogP contribution is -2.49. The number of rotatable bonds is 7. The van der Waals surface area contributed by atoms with E-state index in [1.165, 1.54) is 18.2 Å². The molecule has 3 rings (SSSR count). The molecule has 2 aromatic rings. The molecule has 7 heteroatoms. The highest BCUT2D eigenvalue weighted by Gasteiger charge is 2.34. The molecule has 0 spiro atoms. The first-order chi connectivity index (χ1) is 14.5. The van der Waals surface area contributed by atoms with Crippen LogP contribution in [0, 0.1) is 11.6 Å². The van der Waals surface area contributed by atoms with Gasteiger partial charge in [-0.3, -0.25) is 4.99 Å². The van der Waals surface area contributed by atoms with Gasteiger partial charge in [-0.1, -0.05) is 24.3 Å². The summed E-state index contributed by atoms with van der Waals surface area (Å²) < 4.78 is 38.4. The zero-order chi connectivity index (χ0) is 21.4. The molecule has 0 aliphatic carbocycles. The Kier molecular flexibility index (Phi) is 7.63. The van der Waals surface area contributed by atoms with E-state index < -0.39 is 0 Å². The second-order valence-electron chi connectivity index (χ2n) is 7.57. The molecule has 1 unspecified atom stereocenters. The van der Waals surface area contributed by atoms with Crippen molar-refractivity contribution in [2.24, 2.45) is 4.99 Å². The number of para-hydroxylation sites is 1. The summed E-state index contributed by atoms with van der Waals surface area (Å²) >= 11 is 0. The van der Waals surface area contributed by atoms with Crippen molar-refractivity contribution in [1.29, 1.82) is 0 Å². The minimum atomic E-state index is -0.382. The van der Waals surface area contributed by atoms with E-state index in [0.29, 0.717) is 32.3 Å². The zero-order valence-electron chi connectivity index (χ0n) is 17.5. The van der Waals surface area contributed by atoms with Crippen molar-refractivity contribution in [1.82, 2.24) is 10.6 Å². The molecule has 30 heavy (non-hydrogen) atoms. The summed E-state index contributed by atoms with van der Waals surface area (Å²) in [6.07, 6.45) is 1.43. The van der Waals surface area contributed by atoms with Crippen molar-refractivity contribution in [2.45, 2.75) is 31.3 Å². The lowest BCUT2D eigenvalue weighted by molar-refractivity contribution is 0.0513. The van der Waals surface area contributed by atoms with E-state index in [0.717, 1.165) is 18.4 Å². The number of hydrogen-bond donors (Lipinski definition) is 2. The third-order valence-corrected chi connectivity index (χ3v) is 5.45. The number of hydrogen-bond acceptors (Lipinski definition) is 3. The molecule has 162 valence electrons. The highest BCUT2D eigenvalue weighted by atomic mass is 19.1. The van der Waals surface area contributed by atoms with Crippen LogP contribution in [0.1, 0.15) is 25.3 Å². The predicted molar refractivity (Wildman–Crippen MR) is 114 cm³/mol. The molecule has 0 radical (unpaired) electrons. The lowest BCUT2D eigenvalue weighted by Gasteiger charge is -2.38. The summed E-state index contributed by atoms with van der Waals surface area (Å²) in [6.45, 7) is 4.30. The van der Waals surface area contributed by atoms with Gasteiger partial charge in [-0.2, -0.15) is 0 Å². The highest BCUT2D eigenvalue weighted by Crippen LogP contribution is 2.34. The first-order valence-corrected chi connectivity index (χ1v) is 10.2. The monoisotopic (exact) mass is 417 g/mol. The van der Waals surface area contributed by atoms with Gasteiger partial charge >= 0.3 is 0 Å². The van der Waals surface area contributed by atoms with Gasteiger partial charge in [-0.25, -0.2) is 8.78 Å². The maximum absolute atomic E-state index is 13.8. The predicted octanol–water partition coefficient (Wildman–Crippen LogP) is 3.65. The van der Waals surface area contributed by atoms with Gasteiger partial charge in [0, 0.05) is 32.2 Å². The fraction of sp³-hybridized carbons (Fsp3) is 0.435. The van der Waals surface area contributed by atoms with Crippen LogP contribution < -0.4 is 15.4 Å². The van der Waals surface area contributed by atoms with Crippen molar-refractivity contribution < 1.29 is 18.3 Å². The largest absolute Gasteiger partial charge is 0.486 e. The van der Waals surface area contributed by atoms with Crippen LogP contribution in [0.5, 0.6) is 5.75 Å². The number of benzene rings is 2.